The van der Waals surface area contributed by atoms with Crippen LogP contribution in [-0.2, 0) is 15.0 Å². The molecule has 0 spiro atoms. The summed E-state index contributed by atoms with van der Waals surface area (Å²) in [5.74, 6) is -0.263. The molecule has 2 saturated heterocycles. The van der Waals surface area contributed by atoms with Crippen LogP contribution in [0.1, 0.15) is 44.1 Å². The Hall–Kier alpha value is -1.68. The molecule has 2 heterocycles. The van der Waals surface area contributed by atoms with E-state index in [9.17, 15) is 9.59 Å². The van der Waals surface area contributed by atoms with Crippen LogP contribution < -0.4 is 5.32 Å². The van der Waals surface area contributed by atoms with Crippen molar-refractivity contribution in [1.29, 1.82) is 0 Å². The fourth-order valence-corrected chi connectivity index (χ4v) is 3.70. The molecule has 1 aromatic rings. The van der Waals surface area contributed by atoms with Crippen LogP contribution in [0.3, 0.4) is 0 Å². The van der Waals surface area contributed by atoms with Gasteiger partial charge in [0.1, 0.15) is 0 Å². The van der Waals surface area contributed by atoms with E-state index in [1.54, 1.807) is 0 Å². The first-order valence-corrected chi connectivity index (χ1v) is 8.33. The molecule has 2 aliphatic rings. The van der Waals surface area contributed by atoms with Crippen LogP contribution >= 0.6 is 0 Å². The third-order valence-corrected chi connectivity index (χ3v) is 5.10. The fourth-order valence-electron chi connectivity index (χ4n) is 3.70. The van der Waals surface area contributed by atoms with Gasteiger partial charge in [0.2, 0.25) is 11.8 Å². The number of amides is 2. The molecule has 0 aliphatic carbocycles. The second-order valence-corrected chi connectivity index (χ2v) is 6.48. The predicted molar refractivity (Wildman–Crippen MR) is 85.4 cm³/mol. The van der Waals surface area contributed by atoms with E-state index in [-0.39, 0.29) is 11.8 Å². The van der Waals surface area contributed by atoms with Gasteiger partial charge in [0.05, 0.1) is 5.41 Å². The number of hydrogen-bond donors (Lipinski definition) is 1. The zero-order chi connectivity index (χ0) is 15.4. The first-order valence-electron chi connectivity index (χ1n) is 8.33. The molecule has 2 amide bonds. The van der Waals surface area contributed by atoms with Crippen LogP contribution in [0.4, 0.5) is 0 Å². The van der Waals surface area contributed by atoms with Crippen molar-refractivity contribution in [3.8, 4) is 0 Å². The molecule has 1 atom stereocenters. The van der Waals surface area contributed by atoms with Crippen LogP contribution in [-0.4, -0.2) is 36.3 Å². The molecule has 2 fully saturated rings. The zero-order valence-electron chi connectivity index (χ0n) is 13.0. The highest BCUT2D eigenvalue weighted by atomic mass is 16.2. The Kier molecular flexibility index (Phi) is 4.57. The van der Waals surface area contributed by atoms with Gasteiger partial charge in [0, 0.05) is 6.42 Å². The lowest BCUT2D eigenvalue weighted by Crippen LogP contribution is -2.52. The summed E-state index contributed by atoms with van der Waals surface area (Å²) >= 11 is 0. The minimum Gasteiger partial charge on any atom is -0.303 e. The highest BCUT2D eigenvalue weighted by Crippen LogP contribution is 2.36. The summed E-state index contributed by atoms with van der Waals surface area (Å²) in [4.78, 5) is 26.7. The molecule has 0 unspecified atom stereocenters. The van der Waals surface area contributed by atoms with Gasteiger partial charge in [-0.1, -0.05) is 36.8 Å². The maximum atomic E-state index is 12.6. The molecule has 2 aliphatic heterocycles. The number of carbonyl (C=O) groups is 2. The minimum absolute atomic E-state index is 0.119. The summed E-state index contributed by atoms with van der Waals surface area (Å²) in [7, 11) is 0. The molecule has 118 valence electrons. The van der Waals surface area contributed by atoms with Crippen molar-refractivity contribution in [3.05, 3.63) is 35.9 Å². The van der Waals surface area contributed by atoms with Crippen molar-refractivity contribution in [2.75, 3.05) is 19.6 Å². The molecule has 1 N–H and O–H groups in total. The Morgan fingerprint density at radius 3 is 2.45 bits per heavy atom. The third-order valence-electron chi connectivity index (χ3n) is 5.10. The minimum atomic E-state index is -0.549. The molecule has 1 aromatic carbocycles. The number of piperidine rings is 2. The van der Waals surface area contributed by atoms with Crippen molar-refractivity contribution >= 4 is 11.8 Å². The average molecular weight is 300 g/mol. The van der Waals surface area contributed by atoms with E-state index in [1.165, 1.54) is 19.3 Å². The standard InChI is InChI=1S/C18H24N2O2/c21-16-9-10-18(17(22)19-16,15-7-3-1-4-8-15)11-14-20-12-5-2-6-13-20/h1,3-4,7-8H,2,5-6,9-14H2,(H,19,21,22)/t18-/m1/s1. The predicted octanol–water partition coefficient (Wildman–Crippen LogP) is 2.24. The summed E-state index contributed by atoms with van der Waals surface area (Å²) in [6, 6.07) is 9.95. The van der Waals surface area contributed by atoms with Crippen LogP contribution in [0.2, 0.25) is 0 Å². The van der Waals surface area contributed by atoms with Gasteiger partial charge in [-0.3, -0.25) is 14.9 Å². The summed E-state index contributed by atoms with van der Waals surface area (Å²) in [6.07, 6.45) is 5.66. The molecule has 0 radical (unpaired) electrons. The van der Waals surface area contributed by atoms with Crippen molar-refractivity contribution < 1.29 is 9.59 Å². The maximum absolute atomic E-state index is 12.6. The van der Waals surface area contributed by atoms with E-state index in [2.05, 4.69) is 10.2 Å². The Balaban J connectivity index is 1.80. The second-order valence-electron chi connectivity index (χ2n) is 6.48. The van der Waals surface area contributed by atoms with E-state index in [0.29, 0.717) is 12.8 Å². The normalized spacial score (nSPS) is 26.7. The van der Waals surface area contributed by atoms with Crippen LogP contribution in [0.25, 0.3) is 0 Å². The first kappa shape index (κ1) is 15.2. The molecule has 4 nitrogen and oxygen atoms in total. The first-order chi connectivity index (χ1) is 10.7. The monoisotopic (exact) mass is 300 g/mol. The lowest BCUT2D eigenvalue weighted by Gasteiger charge is -2.38. The largest absolute Gasteiger partial charge is 0.303 e. The Labute approximate surface area is 131 Å². The number of carbonyl (C=O) groups excluding carboxylic acids is 2. The summed E-state index contributed by atoms with van der Waals surface area (Å²) in [6.45, 7) is 3.19. The number of nitrogens with one attached hydrogen (secondary N) is 1. The summed E-state index contributed by atoms with van der Waals surface area (Å²) in [5, 5.41) is 2.56. The van der Waals surface area contributed by atoms with Crippen LogP contribution in [0.15, 0.2) is 30.3 Å². The van der Waals surface area contributed by atoms with Crippen molar-refractivity contribution in [2.45, 2.75) is 43.9 Å². The van der Waals surface area contributed by atoms with Crippen molar-refractivity contribution in [2.24, 2.45) is 0 Å². The van der Waals surface area contributed by atoms with E-state index in [4.69, 9.17) is 0 Å². The average Bonchev–Trinajstić information content (AvgIpc) is 2.56. The third kappa shape index (κ3) is 3.07. The summed E-state index contributed by atoms with van der Waals surface area (Å²) in [5.41, 5.74) is 0.490. The molecule has 4 heteroatoms. The van der Waals surface area contributed by atoms with Gasteiger partial charge >= 0.3 is 0 Å². The zero-order valence-corrected chi connectivity index (χ0v) is 13.0. The topological polar surface area (TPSA) is 49.4 Å². The molecular formula is C18H24N2O2. The van der Waals surface area contributed by atoms with Gasteiger partial charge in [-0.2, -0.15) is 0 Å². The number of nitrogens with zero attached hydrogens (tertiary/aromatic N) is 1. The molecule has 0 bridgehead atoms. The Morgan fingerprint density at radius 1 is 1.05 bits per heavy atom. The smallest absolute Gasteiger partial charge is 0.237 e. The van der Waals surface area contributed by atoms with E-state index in [1.807, 2.05) is 30.3 Å². The lowest BCUT2D eigenvalue weighted by molar-refractivity contribution is -0.138. The fraction of sp³-hybridized carbons (Fsp3) is 0.556. The van der Waals surface area contributed by atoms with Crippen LogP contribution in [0, 0.1) is 0 Å². The molecule has 22 heavy (non-hydrogen) atoms. The van der Waals surface area contributed by atoms with E-state index >= 15 is 0 Å². The number of benzene rings is 1. The summed E-state index contributed by atoms with van der Waals surface area (Å²) < 4.78 is 0. The molecular weight excluding hydrogens is 276 g/mol. The van der Waals surface area contributed by atoms with Gasteiger partial charge in [-0.25, -0.2) is 0 Å². The van der Waals surface area contributed by atoms with Crippen molar-refractivity contribution in [3.63, 3.8) is 0 Å². The highest BCUT2D eigenvalue weighted by Gasteiger charge is 2.43. The van der Waals surface area contributed by atoms with Gasteiger partial charge in [0.25, 0.3) is 0 Å². The second kappa shape index (κ2) is 6.61. The Morgan fingerprint density at radius 2 is 1.77 bits per heavy atom. The SMILES string of the molecule is O=C1CC[C@@](CCN2CCCCC2)(c2ccccc2)C(=O)N1. The molecule has 0 saturated carbocycles. The Bertz CT molecular complexity index is 537. The number of rotatable bonds is 4. The number of imide groups is 1. The van der Waals surface area contributed by atoms with Gasteiger partial charge in [0.15, 0.2) is 0 Å². The highest BCUT2D eigenvalue weighted by molar-refractivity contribution is 6.03. The van der Waals surface area contributed by atoms with E-state index < -0.39 is 5.41 Å². The van der Waals surface area contributed by atoms with Gasteiger partial charge in [-0.15, -0.1) is 0 Å². The number of likely N-dealkylation sites (tertiary alicyclic amines) is 1. The quantitative estimate of drug-likeness (QED) is 0.868. The van der Waals surface area contributed by atoms with Crippen LogP contribution in [0.5, 0.6) is 0 Å². The van der Waals surface area contributed by atoms with Gasteiger partial charge in [-0.05, 0) is 50.9 Å². The van der Waals surface area contributed by atoms with E-state index in [0.717, 1.165) is 31.6 Å². The molecule has 0 aromatic heterocycles. The number of hydrogen-bond acceptors (Lipinski definition) is 3. The maximum Gasteiger partial charge on any atom is 0.237 e. The van der Waals surface area contributed by atoms with Crippen molar-refractivity contribution in [1.82, 2.24) is 10.2 Å². The van der Waals surface area contributed by atoms with Gasteiger partial charge < -0.3 is 4.90 Å². The molecule has 3 rings (SSSR count). The lowest BCUT2D eigenvalue weighted by atomic mass is 9.71.